The normalized spacial score (nSPS) is 11.6. The van der Waals surface area contributed by atoms with Crippen LogP contribution < -0.4 is 10.3 Å². The smallest absolute Gasteiger partial charge is 0.338 e. The van der Waals surface area contributed by atoms with Crippen LogP contribution in [-0.4, -0.2) is 35.5 Å². The number of nitrogens with one attached hydrogen (secondary N) is 1. The number of benzene rings is 1. The van der Waals surface area contributed by atoms with Crippen molar-refractivity contribution >= 4 is 32.3 Å². The van der Waals surface area contributed by atoms with Crippen molar-refractivity contribution in [2.24, 2.45) is 0 Å². The molecular formula is C17H18N4O5S2. The van der Waals surface area contributed by atoms with Gasteiger partial charge in [0.2, 0.25) is 15.0 Å². The number of fused-ring (bicyclic) bond motifs is 1. The van der Waals surface area contributed by atoms with Crippen molar-refractivity contribution in [3.05, 3.63) is 57.0 Å². The molecule has 0 saturated carbocycles. The molecule has 0 fully saturated rings. The average Bonchev–Trinajstić information content (AvgIpc) is 3.08. The number of ether oxygens (including phenoxy) is 1. The molecule has 28 heavy (non-hydrogen) atoms. The second kappa shape index (κ2) is 8.17. The highest BCUT2D eigenvalue weighted by molar-refractivity contribution is 7.89. The summed E-state index contributed by atoms with van der Waals surface area (Å²) in [5.74, 6) is -0.691. The van der Waals surface area contributed by atoms with E-state index < -0.39 is 16.0 Å². The highest BCUT2D eigenvalue weighted by Gasteiger charge is 2.17. The van der Waals surface area contributed by atoms with E-state index in [0.717, 1.165) is 15.9 Å². The molecule has 0 aliphatic carbocycles. The van der Waals surface area contributed by atoms with Gasteiger partial charge in [-0.1, -0.05) is 24.3 Å². The molecule has 1 aromatic carbocycles. The van der Waals surface area contributed by atoms with Crippen molar-refractivity contribution in [1.82, 2.24) is 19.3 Å². The Morgan fingerprint density at radius 2 is 2.11 bits per heavy atom. The largest absolute Gasteiger partial charge is 0.455 e. The molecule has 0 spiro atoms. The SMILES string of the molecule is CCCNS(=O)(=O)c1cccc(C(=O)OCc2nn3c(=O)cc(C)nc3s2)c1. The van der Waals surface area contributed by atoms with E-state index in [1.54, 1.807) is 6.92 Å². The van der Waals surface area contributed by atoms with E-state index in [1.165, 1.54) is 30.3 Å². The van der Waals surface area contributed by atoms with Gasteiger partial charge in [0, 0.05) is 18.3 Å². The Morgan fingerprint density at radius 1 is 1.32 bits per heavy atom. The standard InChI is InChI=1S/C17H18N4O5S2/c1-3-7-18-28(24,25)13-6-4-5-12(9-13)16(23)26-10-14-20-21-15(22)8-11(2)19-17(21)27-14/h4-6,8-9,18H,3,7,10H2,1-2H3. The van der Waals surface area contributed by atoms with Gasteiger partial charge in [-0.25, -0.2) is 22.9 Å². The van der Waals surface area contributed by atoms with Crippen LogP contribution in [0.2, 0.25) is 0 Å². The fourth-order valence-corrected chi connectivity index (χ4v) is 4.38. The Bertz CT molecular complexity index is 1180. The van der Waals surface area contributed by atoms with Gasteiger partial charge in [-0.2, -0.15) is 9.61 Å². The molecule has 0 aliphatic heterocycles. The Morgan fingerprint density at radius 3 is 2.86 bits per heavy atom. The Hall–Kier alpha value is -2.63. The lowest BCUT2D eigenvalue weighted by Gasteiger charge is -2.07. The van der Waals surface area contributed by atoms with Gasteiger partial charge in [0.1, 0.15) is 6.61 Å². The summed E-state index contributed by atoms with van der Waals surface area (Å²) < 4.78 is 33.2. The zero-order valence-electron chi connectivity index (χ0n) is 15.2. The summed E-state index contributed by atoms with van der Waals surface area (Å²) in [6.07, 6.45) is 0.653. The van der Waals surface area contributed by atoms with Crippen LogP contribution in [0, 0.1) is 6.92 Å². The summed E-state index contributed by atoms with van der Waals surface area (Å²) in [7, 11) is -3.69. The number of carbonyl (C=O) groups is 1. The Balaban J connectivity index is 1.74. The Labute approximate surface area is 165 Å². The molecule has 3 aromatic rings. The number of carbonyl (C=O) groups excluding carboxylic acids is 1. The summed E-state index contributed by atoms with van der Waals surface area (Å²) >= 11 is 1.14. The summed E-state index contributed by atoms with van der Waals surface area (Å²) in [6, 6.07) is 6.97. The molecule has 0 bridgehead atoms. The highest BCUT2D eigenvalue weighted by atomic mass is 32.2. The fraction of sp³-hybridized carbons (Fsp3) is 0.294. The van der Waals surface area contributed by atoms with Crippen molar-refractivity contribution in [1.29, 1.82) is 0 Å². The van der Waals surface area contributed by atoms with Crippen molar-refractivity contribution in [2.45, 2.75) is 31.8 Å². The van der Waals surface area contributed by atoms with Crippen molar-refractivity contribution < 1.29 is 17.9 Å². The van der Waals surface area contributed by atoms with Crippen molar-refractivity contribution in [3.8, 4) is 0 Å². The number of aromatic nitrogens is 3. The molecule has 0 unspecified atom stereocenters. The van der Waals surface area contributed by atoms with E-state index in [-0.39, 0.29) is 22.6 Å². The zero-order valence-corrected chi connectivity index (χ0v) is 16.8. The van der Waals surface area contributed by atoms with Crippen LogP contribution in [0.3, 0.4) is 0 Å². The molecule has 1 N–H and O–H groups in total. The summed E-state index contributed by atoms with van der Waals surface area (Å²) in [4.78, 5) is 28.8. The summed E-state index contributed by atoms with van der Waals surface area (Å²) in [6.45, 7) is 3.71. The highest BCUT2D eigenvalue weighted by Crippen LogP contribution is 2.15. The minimum absolute atomic E-state index is 0.0124. The lowest BCUT2D eigenvalue weighted by atomic mass is 10.2. The first-order valence-electron chi connectivity index (χ1n) is 8.43. The average molecular weight is 422 g/mol. The molecule has 0 saturated heterocycles. The number of sulfonamides is 1. The quantitative estimate of drug-likeness (QED) is 0.573. The maximum absolute atomic E-state index is 12.3. The monoisotopic (exact) mass is 422 g/mol. The summed E-state index contributed by atoms with van der Waals surface area (Å²) in [5, 5.41) is 4.49. The van der Waals surface area contributed by atoms with Crippen LogP contribution in [0.1, 0.15) is 34.4 Å². The van der Waals surface area contributed by atoms with E-state index in [9.17, 15) is 18.0 Å². The van der Waals surface area contributed by atoms with E-state index >= 15 is 0 Å². The van der Waals surface area contributed by atoms with Crippen LogP contribution >= 0.6 is 11.3 Å². The van der Waals surface area contributed by atoms with Crippen molar-refractivity contribution in [2.75, 3.05) is 6.54 Å². The fourth-order valence-electron chi connectivity index (χ4n) is 2.34. The third-order valence-corrected chi connectivity index (χ3v) is 6.00. The molecule has 148 valence electrons. The van der Waals surface area contributed by atoms with Crippen LogP contribution in [0.5, 0.6) is 0 Å². The van der Waals surface area contributed by atoms with E-state index in [0.29, 0.717) is 28.6 Å². The third kappa shape index (κ3) is 4.43. The number of rotatable bonds is 7. The predicted molar refractivity (Wildman–Crippen MR) is 103 cm³/mol. The van der Waals surface area contributed by atoms with Crippen LogP contribution in [0.25, 0.3) is 4.96 Å². The van der Waals surface area contributed by atoms with E-state index in [2.05, 4.69) is 14.8 Å². The minimum atomic E-state index is -3.69. The molecular weight excluding hydrogens is 404 g/mol. The predicted octanol–water partition coefficient (Wildman–Crippen LogP) is 1.50. The van der Waals surface area contributed by atoms with Crippen LogP contribution in [0.15, 0.2) is 40.0 Å². The maximum Gasteiger partial charge on any atom is 0.338 e. The first-order valence-corrected chi connectivity index (χ1v) is 10.7. The van der Waals surface area contributed by atoms with Gasteiger partial charge in [-0.05, 0) is 31.5 Å². The molecule has 0 atom stereocenters. The topological polar surface area (TPSA) is 120 Å². The summed E-state index contributed by atoms with van der Waals surface area (Å²) in [5.41, 5.74) is 0.368. The molecule has 2 heterocycles. The third-order valence-electron chi connectivity index (χ3n) is 3.66. The molecule has 9 nitrogen and oxygen atoms in total. The van der Waals surface area contributed by atoms with Gasteiger partial charge < -0.3 is 4.74 Å². The van der Waals surface area contributed by atoms with Gasteiger partial charge in [0.25, 0.3) is 5.56 Å². The molecule has 11 heteroatoms. The first-order chi connectivity index (χ1) is 13.3. The van der Waals surface area contributed by atoms with Gasteiger partial charge in [0.15, 0.2) is 5.01 Å². The molecule has 0 radical (unpaired) electrons. The van der Waals surface area contributed by atoms with Crippen LogP contribution in [-0.2, 0) is 21.4 Å². The van der Waals surface area contributed by atoms with Crippen molar-refractivity contribution in [3.63, 3.8) is 0 Å². The molecule has 0 aliphatic rings. The van der Waals surface area contributed by atoms with Gasteiger partial charge in [-0.15, -0.1) is 0 Å². The molecule has 0 amide bonds. The second-order valence-electron chi connectivity index (χ2n) is 5.93. The van der Waals surface area contributed by atoms with Crippen LogP contribution in [0.4, 0.5) is 0 Å². The lowest BCUT2D eigenvalue weighted by Crippen LogP contribution is -2.24. The van der Waals surface area contributed by atoms with Gasteiger partial charge in [-0.3, -0.25) is 4.79 Å². The Kier molecular flexibility index (Phi) is 5.87. The maximum atomic E-state index is 12.3. The number of esters is 1. The molecule has 3 rings (SSSR count). The zero-order chi connectivity index (χ0) is 20.3. The minimum Gasteiger partial charge on any atom is -0.455 e. The number of hydrogen-bond acceptors (Lipinski definition) is 8. The van der Waals surface area contributed by atoms with E-state index in [1.807, 2.05) is 6.92 Å². The van der Waals surface area contributed by atoms with Gasteiger partial charge in [0.05, 0.1) is 10.5 Å². The second-order valence-corrected chi connectivity index (χ2v) is 8.74. The molecule has 2 aromatic heterocycles. The lowest BCUT2D eigenvalue weighted by molar-refractivity contribution is 0.0471. The van der Waals surface area contributed by atoms with Gasteiger partial charge >= 0.3 is 5.97 Å². The number of hydrogen-bond donors (Lipinski definition) is 1. The number of nitrogens with zero attached hydrogens (tertiary/aromatic N) is 3. The first kappa shape index (κ1) is 20.1. The van der Waals surface area contributed by atoms with E-state index in [4.69, 9.17) is 4.74 Å². The number of aryl methyl sites for hydroxylation is 1.